The van der Waals surface area contributed by atoms with Crippen molar-refractivity contribution in [3.63, 3.8) is 0 Å². The van der Waals surface area contributed by atoms with Crippen LogP contribution in [-0.2, 0) is 6.42 Å². The van der Waals surface area contributed by atoms with Crippen LogP contribution < -0.4 is 5.32 Å². The molecule has 0 aromatic heterocycles. The number of hydrogen-bond acceptors (Lipinski definition) is 1. The number of hydrogen-bond donors (Lipinski definition) is 1. The van der Waals surface area contributed by atoms with E-state index in [1.54, 1.807) is 6.07 Å². The summed E-state index contributed by atoms with van der Waals surface area (Å²) in [4.78, 5) is 0. The molecule has 0 heterocycles. The quantitative estimate of drug-likeness (QED) is 0.822. The molecule has 2 unspecified atom stereocenters. The van der Waals surface area contributed by atoms with Crippen molar-refractivity contribution < 1.29 is 4.39 Å². The van der Waals surface area contributed by atoms with Gasteiger partial charge < -0.3 is 5.32 Å². The normalized spacial score (nSPS) is 18.7. The van der Waals surface area contributed by atoms with Crippen LogP contribution in [-0.4, -0.2) is 12.6 Å². The Kier molecular flexibility index (Phi) is 4.63. The molecule has 0 radical (unpaired) electrons. The third-order valence-corrected chi connectivity index (χ3v) is 4.19. The third kappa shape index (κ3) is 3.96. The zero-order chi connectivity index (χ0) is 13.1. The highest BCUT2D eigenvalue weighted by Crippen LogP contribution is 2.24. The van der Waals surface area contributed by atoms with E-state index in [9.17, 15) is 4.39 Å². The van der Waals surface area contributed by atoms with Crippen molar-refractivity contribution in [2.75, 3.05) is 6.54 Å². The first kappa shape index (κ1) is 13.8. The summed E-state index contributed by atoms with van der Waals surface area (Å²) in [6.45, 7) is 5.56. The van der Waals surface area contributed by atoms with E-state index in [-0.39, 0.29) is 5.82 Å². The van der Waals surface area contributed by atoms with Crippen LogP contribution in [0, 0.1) is 17.7 Å². The zero-order valence-corrected chi connectivity index (χ0v) is 11.8. The topological polar surface area (TPSA) is 12.0 Å². The van der Waals surface area contributed by atoms with Crippen LogP contribution in [0.5, 0.6) is 0 Å². The lowest BCUT2D eigenvalue weighted by atomic mass is 9.89. The molecule has 1 aromatic rings. The average molecular weight is 270 g/mol. The summed E-state index contributed by atoms with van der Waals surface area (Å²) in [6.07, 6.45) is 3.56. The van der Waals surface area contributed by atoms with Crippen LogP contribution in [0.3, 0.4) is 0 Å². The first-order valence-corrected chi connectivity index (χ1v) is 7.11. The van der Waals surface area contributed by atoms with E-state index >= 15 is 0 Å². The molecule has 2 rings (SSSR count). The predicted octanol–water partition coefficient (Wildman–Crippen LogP) is 4.05. The van der Waals surface area contributed by atoms with Crippen LogP contribution in [0.25, 0.3) is 0 Å². The summed E-state index contributed by atoms with van der Waals surface area (Å²) >= 11 is 6.06. The number of nitrogens with one attached hydrogen (secondary N) is 1. The van der Waals surface area contributed by atoms with E-state index in [0.29, 0.717) is 16.9 Å². The second-order valence-electron chi connectivity index (χ2n) is 5.58. The molecule has 100 valence electrons. The minimum absolute atomic E-state index is 0.264. The van der Waals surface area contributed by atoms with Gasteiger partial charge in [-0.25, -0.2) is 4.39 Å². The maximum Gasteiger partial charge on any atom is 0.124 e. The maximum absolute atomic E-state index is 13.0. The molecule has 1 N–H and O–H groups in total. The van der Waals surface area contributed by atoms with Crippen molar-refractivity contribution in [2.24, 2.45) is 11.8 Å². The maximum atomic E-state index is 13.0. The first-order chi connectivity index (χ1) is 8.56. The molecule has 18 heavy (non-hydrogen) atoms. The van der Waals surface area contributed by atoms with E-state index in [1.165, 1.54) is 25.0 Å². The summed E-state index contributed by atoms with van der Waals surface area (Å²) in [5.41, 5.74) is 1.05. The van der Waals surface area contributed by atoms with Gasteiger partial charge in [-0.05, 0) is 55.3 Å². The Balaban J connectivity index is 1.86. The van der Waals surface area contributed by atoms with E-state index in [4.69, 9.17) is 11.6 Å². The molecule has 0 amide bonds. The highest BCUT2D eigenvalue weighted by molar-refractivity contribution is 6.31. The smallest absolute Gasteiger partial charge is 0.124 e. The summed E-state index contributed by atoms with van der Waals surface area (Å²) in [5.74, 6) is 0.880. The van der Waals surface area contributed by atoms with E-state index < -0.39 is 0 Å². The largest absolute Gasteiger partial charge is 0.314 e. The molecular weight excluding hydrogens is 249 g/mol. The van der Waals surface area contributed by atoms with E-state index in [1.807, 2.05) is 0 Å². The minimum Gasteiger partial charge on any atom is -0.314 e. The molecule has 1 aromatic carbocycles. The Bertz CT molecular complexity index is 403. The van der Waals surface area contributed by atoms with Crippen LogP contribution >= 0.6 is 11.6 Å². The van der Waals surface area contributed by atoms with Gasteiger partial charge in [0.2, 0.25) is 0 Å². The fourth-order valence-electron chi connectivity index (χ4n) is 2.08. The molecule has 0 aliphatic heterocycles. The fraction of sp³-hybridized carbons (Fsp3) is 0.600. The molecule has 0 bridgehead atoms. The Morgan fingerprint density at radius 2 is 2.06 bits per heavy atom. The highest BCUT2D eigenvalue weighted by Gasteiger charge is 2.22. The highest BCUT2D eigenvalue weighted by atomic mass is 35.5. The zero-order valence-electron chi connectivity index (χ0n) is 11.0. The molecule has 1 nitrogen and oxygen atoms in total. The molecule has 1 fully saturated rings. The molecule has 3 heteroatoms. The van der Waals surface area contributed by atoms with Crippen LogP contribution in [0.1, 0.15) is 32.3 Å². The predicted molar refractivity (Wildman–Crippen MR) is 74.5 cm³/mol. The Hall–Kier alpha value is -0.600. The van der Waals surface area contributed by atoms with Gasteiger partial charge in [0.25, 0.3) is 0 Å². The number of halogens is 2. The van der Waals surface area contributed by atoms with Crippen molar-refractivity contribution in [2.45, 2.75) is 39.2 Å². The molecule has 0 spiro atoms. The summed E-state index contributed by atoms with van der Waals surface area (Å²) in [6, 6.07) is 5.45. The lowest BCUT2D eigenvalue weighted by molar-refractivity contribution is 0.364. The van der Waals surface area contributed by atoms with Crippen molar-refractivity contribution >= 4 is 11.6 Å². The Labute approximate surface area is 114 Å². The Morgan fingerprint density at radius 1 is 1.33 bits per heavy atom. The monoisotopic (exact) mass is 269 g/mol. The van der Waals surface area contributed by atoms with Gasteiger partial charge in [-0.15, -0.1) is 0 Å². The van der Waals surface area contributed by atoms with E-state index in [2.05, 4.69) is 19.2 Å². The Morgan fingerprint density at radius 3 is 2.67 bits per heavy atom. The van der Waals surface area contributed by atoms with Gasteiger partial charge in [-0.3, -0.25) is 0 Å². The van der Waals surface area contributed by atoms with Crippen molar-refractivity contribution in [3.8, 4) is 0 Å². The SMILES string of the molecule is CC(CNC1CC1)C(C)Cc1ccc(F)cc1Cl. The van der Waals surface area contributed by atoms with Gasteiger partial charge in [-0.1, -0.05) is 31.5 Å². The lowest BCUT2D eigenvalue weighted by Crippen LogP contribution is -2.27. The number of benzene rings is 1. The average Bonchev–Trinajstić information content (AvgIpc) is 3.13. The second-order valence-corrected chi connectivity index (χ2v) is 5.98. The van der Waals surface area contributed by atoms with Gasteiger partial charge in [-0.2, -0.15) is 0 Å². The molecule has 1 aliphatic rings. The van der Waals surface area contributed by atoms with Crippen molar-refractivity contribution in [1.82, 2.24) is 5.32 Å². The van der Waals surface area contributed by atoms with Crippen molar-refractivity contribution in [1.29, 1.82) is 0 Å². The van der Waals surface area contributed by atoms with Crippen LogP contribution in [0.2, 0.25) is 5.02 Å². The van der Waals surface area contributed by atoms with Crippen molar-refractivity contribution in [3.05, 3.63) is 34.6 Å². The molecule has 2 atom stereocenters. The van der Waals surface area contributed by atoms with Gasteiger partial charge >= 0.3 is 0 Å². The molecule has 0 saturated heterocycles. The molecule has 1 saturated carbocycles. The van der Waals surface area contributed by atoms with Crippen LogP contribution in [0.4, 0.5) is 4.39 Å². The minimum atomic E-state index is -0.264. The van der Waals surface area contributed by atoms with E-state index in [0.717, 1.165) is 24.6 Å². The van der Waals surface area contributed by atoms with Crippen LogP contribution in [0.15, 0.2) is 18.2 Å². The van der Waals surface area contributed by atoms with Gasteiger partial charge in [0.15, 0.2) is 0 Å². The standard InChI is InChI=1S/C15H21ClFN/c1-10(11(2)9-18-14-5-6-14)7-12-3-4-13(17)8-15(12)16/h3-4,8,10-11,14,18H,5-7,9H2,1-2H3. The molecular formula is C15H21ClFN. The summed E-state index contributed by atoms with van der Waals surface area (Å²) in [5, 5.41) is 4.10. The van der Waals surface area contributed by atoms with Gasteiger partial charge in [0.1, 0.15) is 5.82 Å². The summed E-state index contributed by atoms with van der Waals surface area (Å²) in [7, 11) is 0. The second kappa shape index (κ2) is 6.03. The summed E-state index contributed by atoms with van der Waals surface area (Å²) < 4.78 is 13.0. The molecule has 1 aliphatic carbocycles. The third-order valence-electron chi connectivity index (χ3n) is 3.83. The lowest BCUT2D eigenvalue weighted by Gasteiger charge is -2.21. The van der Waals surface area contributed by atoms with Gasteiger partial charge in [0, 0.05) is 11.1 Å². The fourth-order valence-corrected chi connectivity index (χ4v) is 2.32. The number of rotatable bonds is 6. The van der Waals surface area contributed by atoms with Gasteiger partial charge in [0.05, 0.1) is 0 Å². The first-order valence-electron chi connectivity index (χ1n) is 6.73.